The maximum absolute atomic E-state index is 13.2. The predicted molar refractivity (Wildman–Crippen MR) is 243 cm³/mol. The Bertz CT molecular complexity index is 1830. The Hall–Kier alpha value is -5.90. The lowest BCUT2D eigenvalue weighted by Crippen LogP contribution is -2.10. The molecule has 0 amide bonds. The Labute approximate surface area is 367 Å². The van der Waals surface area contributed by atoms with Crippen molar-refractivity contribution < 1.29 is 47.6 Å². The highest BCUT2D eigenvalue weighted by Gasteiger charge is 2.16. The molecule has 0 aliphatic rings. The number of ether oxygens (including phenoxy) is 6. The quantitative estimate of drug-likeness (QED) is 0.0203. The van der Waals surface area contributed by atoms with Gasteiger partial charge < -0.3 is 28.4 Å². The van der Waals surface area contributed by atoms with E-state index in [2.05, 4.69) is 13.2 Å². The van der Waals surface area contributed by atoms with Crippen LogP contribution in [0.1, 0.15) is 136 Å². The third kappa shape index (κ3) is 18.8. The molecule has 4 aromatic rings. The minimum Gasteiger partial charge on any atom is -0.494 e. The van der Waals surface area contributed by atoms with Crippen molar-refractivity contribution >= 4 is 34.6 Å². The summed E-state index contributed by atoms with van der Waals surface area (Å²) in [5.41, 5.74) is 0.785. The summed E-state index contributed by atoms with van der Waals surface area (Å²) in [6.45, 7) is 8.94. The van der Waals surface area contributed by atoms with Crippen molar-refractivity contribution in [3.63, 3.8) is 0 Å². The van der Waals surface area contributed by atoms with Gasteiger partial charge in [-0.1, -0.05) is 127 Å². The molecule has 0 radical (unpaired) electrons. The van der Waals surface area contributed by atoms with Crippen LogP contribution in [0.5, 0.6) is 23.0 Å². The van der Waals surface area contributed by atoms with Gasteiger partial charge in [-0.05, 0) is 86.3 Å². The van der Waals surface area contributed by atoms with Gasteiger partial charge in [-0.25, -0.2) is 19.2 Å². The molecule has 10 heteroatoms. The summed E-state index contributed by atoms with van der Waals surface area (Å²) >= 11 is 0. The normalized spacial score (nSPS) is 10.8. The first kappa shape index (κ1) is 48.8. The van der Waals surface area contributed by atoms with Crippen LogP contribution in [0.15, 0.2) is 110 Å². The standard InChI is InChI=1S/C52H64O10/c1-3-49(53)59-39-23-17-13-9-5-7-11-15-21-37-57-43-31-27-41(28-32-43)51(55)61-47-35-36-48(46-26-20-19-25-45(46)47)62-52(56)42-29-33-44(34-30-42)58-38-22-16-12-8-6-10-14-18-24-40-60-50(54)4-2/h3-4,19-20,25-36H,1-2,5-18,21-24,37-40H2. The van der Waals surface area contributed by atoms with Crippen LogP contribution in [0.3, 0.4) is 0 Å². The Morgan fingerprint density at radius 3 is 1.02 bits per heavy atom. The Kier molecular flexibility index (Phi) is 23.1. The van der Waals surface area contributed by atoms with Crippen LogP contribution in [0.4, 0.5) is 0 Å². The fourth-order valence-electron chi connectivity index (χ4n) is 6.84. The summed E-state index contributed by atoms with van der Waals surface area (Å²) in [7, 11) is 0. The molecule has 0 atom stereocenters. The molecule has 4 aromatic carbocycles. The average Bonchev–Trinajstić information content (AvgIpc) is 3.30. The maximum atomic E-state index is 13.2. The van der Waals surface area contributed by atoms with E-state index in [0.717, 1.165) is 64.2 Å². The van der Waals surface area contributed by atoms with Crippen LogP contribution in [-0.4, -0.2) is 50.3 Å². The number of carbonyl (C=O) groups is 4. The van der Waals surface area contributed by atoms with Gasteiger partial charge in [0, 0.05) is 22.9 Å². The minimum atomic E-state index is -0.504. The van der Waals surface area contributed by atoms with E-state index in [1.165, 1.54) is 63.5 Å². The predicted octanol–water partition coefficient (Wildman–Crippen LogP) is 12.5. The van der Waals surface area contributed by atoms with Crippen LogP contribution in [0.2, 0.25) is 0 Å². The summed E-state index contributed by atoms with van der Waals surface area (Å²) in [5.74, 6) is 0.391. The molecule has 62 heavy (non-hydrogen) atoms. The second kappa shape index (κ2) is 29.4. The third-order valence-corrected chi connectivity index (χ3v) is 10.4. The zero-order chi connectivity index (χ0) is 44.0. The van der Waals surface area contributed by atoms with Gasteiger partial charge in [0.1, 0.15) is 23.0 Å². The molecular weight excluding hydrogens is 785 g/mol. The number of rotatable bonds is 32. The highest BCUT2D eigenvalue weighted by atomic mass is 16.5. The molecule has 0 N–H and O–H groups in total. The summed E-state index contributed by atoms with van der Waals surface area (Å²) < 4.78 is 33.5. The minimum absolute atomic E-state index is 0.356. The Morgan fingerprint density at radius 1 is 0.387 bits per heavy atom. The number of benzene rings is 4. The lowest BCUT2D eigenvalue weighted by molar-refractivity contribution is -0.138. The second-order valence-electron chi connectivity index (χ2n) is 15.2. The Morgan fingerprint density at radius 2 is 0.694 bits per heavy atom. The number of carbonyl (C=O) groups excluding carboxylic acids is 4. The van der Waals surface area contributed by atoms with Crippen molar-refractivity contribution in [2.45, 2.75) is 116 Å². The molecule has 0 aliphatic heterocycles. The molecule has 4 rings (SSSR count). The first-order valence-corrected chi connectivity index (χ1v) is 22.4. The first-order chi connectivity index (χ1) is 30.4. The van der Waals surface area contributed by atoms with Gasteiger partial charge in [0.25, 0.3) is 0 Å². The molecule has 0 spiro atoms. The SMILES string of the molecule is C=CC(=O)OCCCCCCCCCCCOc1ccc(C(=O)Oc2ccc(OC(=O)c3ccc(OCCCCCCCCCCCOC(=O)C=C)cc3)c3ccccc23)cc1. The van der Waals surface area contributed by atoms with Gasteiger partial charge in [0.05, 0.1) is 37.6 Å². The fraction of sp³-hybridized carbons (Fsp3) is 0.423. The fourth-order valence-corrected chi connectivity index (χ4v) is 6.84. The molecule has 0 fully saturated rings. The molecule has 0 saturated heterocycles. The van der Waals surface area contributed by atoms with E-state index in [4.69, 9.17) is 28.4 Å². The third-order valence-electron chi connectivity index (χ3n) is 10.4. The highest BCUT2D eigenvalue weighted by Crippen LogP contribution is 2.34. The van der Waals surface area contributed by atoms with Gasteiger partial charge in [0.15, 0.2) is 0 Å². The van der Waals surface area contributed by atoms with Gasteiger partial charge in [0.2, 0.25) is 0 Å². The molecule has 0 saturated carbocycles. The van der Waals surface area contributed by atoms with E-state index in [-0.39, 0.29) is 11.9 Å². The zero-order valence-electron chi connectivity index (χ0n) is 36.3. The van der Waals surface area contributed by atoms with Crippen molar-refractivity contribution in [3.8, 4) is 23.0 Å². The second-order valence-corrected chi connectivity index (χ2v) is 15.2. The van der Waals surface area contributed by atoms with E-state index >= 15 is 0 Å². The molecule has 0 heterocycles. The number of hydrogen-bond acceptors (Lipinski definition) is 10. The van der Waals surface area contributed by atoms with Crippen LogP contribution < -0.4 is 18.9 Å². The van der Waals surface area contributed by atoms with Crippen molar-refractivity contribution in [1.82, 2.24) is 0 Å². The molecular formula is C52H64O10. The van der Waals surface area contributed by atoms with Gasteiger partial charge >= 0.3 is 23.9 Å². The molecule has 0 unspecified atom stereocenters. The van der Waals surface area contributed by atoms with Gasteiger partial charge in [-0.3, -0.25) is 0 Å². The molecule has 10 nitrogen and oxygen atoms in total. The van der Waals surface area contributed by atoms with E-state index in [1.54, 1.807) is 60.7 Å². The summed E-state index contributed by atoms with van der Waals surface area (Å²) in [6, 6.07) is 24.5. The average molecular weight is 849 g/mol. The van der Waals surface area contributed by atoms with Gasteiger partial charge in [-0.15, -0.1) is 0 Å². The maximum Gasteiger partial charge on any atom is 0.343 e. The largest absolute Gasteiger partial charge is 0.494 e. The van der Waals surface area contributed by atoms with Crippen molar-refractivity contribution in [2.24, 2.45) is 0 Å². The van der Waals surface area contributed by atoms with Crippen molar-refractivity contribution in [1.29, 1.82) is 0 Å². The Balaban J connectivity index is 1.10. The van der Waals surface area contributed by atoms with E-state index < -0.39 is 11.9 Å². The van der Waals surface area contributed by atoms with E-state index in [9.17, 15) is 19.2 Å². The van der Waals surface area contributed by atoms with Crippen molar-refractivity contribution in [3.05, 3.63) is 121 Å². The smallest absolute Gasteiger partial charge is 0.343 e. The zero-order valence-corrected chi connectivity index (χ0v) is 36.3. The molecule has 0 bridgehead atoms. The molecule has 0 aliphatic carbocycles. The number of unbranched alkanes of at least 4 members (excludes halogenated alkanes) is 16. The summed E-state index contributed by atoms with van der Waals surface area (Å²) in [6.07, 6.45) is 22.3. The number of fused-ring (bicyclic) bond motifs is 1. The number of hydrogen-bond donors (Lipinski definition) is 0. The lowest BCUT2D eigenvalue weighted by atomic mass is 10.1. The van der Waals surface area contributed by atoms with Gasteiger partial charge in [-0.2, -0.15) is 0 Å². The summed E-state index contributed by atoms with van der Waals surface area (Å²) in [4.78, 5) is 48.4. The van der Waals surface area contributed by atoms with E-state index in [1.807, 2.05) is 24.3 Å². The highest BCUT2D eigenvalue weighted by molar-refractivity contribution is 6.00. The molecule has 332 valence electrons. The van der Waals surface area contributed by atoms with Crippen LogP contribution >= 0.6 is 0 Å². The van der Waals surface area contributed by atoms with Crippen molar-refractivity contribution in [2.75, 3.05) is 26.4 Å². The van der Waals surface area contributed by atoms with Crippen LogP contribution in [0, 0.1) is 0 Å². The van der Waals surface area contributed by atoms with Crippen LogP contribution in [0.25, 0.3) is 10.8 Å². The molecule has 0 aromatic heterocycles. The lowest BCUT2D eigenvalue weighted by Gasteiger charge is -2.12. The first-order valence-electron chi connectivity index (χ1n) is 22.4. The topological polar surface area (TPSA) is 124 Å². The number of esters is 4. The monoisotopic (exact) mass is 848 g/mol. The van der Waals surface area contributed by atoms with Crippen LogP contribution in [-0.2, 0) is 19.1 Å². The van der Waals surface area contributed by atoms with E-state index in [0.29, 0.717) is 71.3 Å². The summed E-state index contributed by atoms with van der Waals surface area (Å²) in [5, 5.41) is 1.28.